The van der Waals surface area contributed by atoms with Crippen LogP contribution in [-0.2, 0) is 24.4 Å². The van der Waals surface area contributed by atoms with E-state index in [0.29, 0.717) is 12.8 Å². The maximum absolute atomic E-state index is 13.4. The summed E-state index contributed by atoms with van der Waals surface area (Å²) in [6, 6.07) is 4.43. The van der Waals surface area contributed by atoms with Crippen molar-refractivity contribution in [1.82, 2.24) is 0 Å². The largest absolute Gasteiger partial charge is 0.744 e. The highest BCUT2D eigenvalue weighted by Crippen LogP contribution is 2.67. The van der Waals surface area contributed by atoms with E-state index in [-0.39, 0.29) is 41.9 Å². The van der Waals surface area contributed by atoms with Crippen molar-refractivity contribution in [2.75, 3.05) is 6.61 Å². The Morgan fingerprint density at radius 1 is 1.21 bits per heavy atom. The van der Waals surface area contributed by atoms with Gasteiger partial charge in [0, 0.05) is 16.7 Å². The van der Waals surface area contributed by atoms with E-state index in [4.69, 9.17) is 4.74 Å². The number of fused-ring (bicyclic) bond motifs is 5. The first-order valence-corrected chi connectivity index (χ1v) is 14.2. The number of rotatable bonds is 5. The summed E-state index contributed by atoms with van der Waals surface area (Å²) < 4.78 is 38.9. The first kappa shape index (κ1) is 26.9. The van der Waals surface area contributed by atoms with Crippen LogP contribution in [0.2, 0.25) is 0 Å². The van der Waals surface area contributed by atoms with Gasteiger partial charge in [-0.3, -0.25) is 9.59 Å². The summed E-state index contributed by atoms with van der Waals surface area (Å²) in [6.07, 6.45) is 6.66. The lowest BCUT2D eigenvalue weighted by Crippen LogP contribution is -2.61. The number of ether oxygens (including phenoxy) is 1. The van der Waals surface area contributed by atoms with E-state index in [0.717, 1.165) is 24.1 Å². The molecule has 4 aliphatic carbocycles. The van der Waals surface area contributed by atoms with Gasteiger partial charge < -0.3 is 19.5 Å². The fourth-order valence-corrected chi connectivity index (χ4v) is 8.42. The first-order valence-electron chi connectivity index (χ1n) is 12.8. The van der Waals surface area contributed by atoms with E-state index in [9.17, 15) is 37.6 Å². The molecular weight excluding hydrogens is 512 g/mol. The Hall–Kier alpha value is -2.66. The number of esters is 1. The minimum absolute atomic E-state index is 0.0323. The molecule has 0 heterocycles. The lowest BCUT2D eigenvalue weighted by molar-refractivity contribution is -0.178. The molecule has 0 bridgehead atoms. The van der Waals surface area contributed by atoms with E-state index < -0.39 is 55.9 Å². The van der Waals surface area contributed by atoms with Gasteiger partial charge in [0.1, 0.15) is 15.7 Å². The van der Waals surface area contributed by atoms with Crippen molar-refractivity contribution in [3.05, 3.63) is 53.6 Å². The van der Waals surface area contributed by atoms with Gasteiger partial charge in [0.25, 0.3) is 0 Å². The van der Waals surface area contributed by atoms with Crippen molar-refractivity contribution in [2.24, 2.45) is 28.6 Å². The highest BCUT2D eigenvalue weighted by Gasteiger charge is 2.68. The summed E-state index contributed by atoms with van der Waals surface area (Å²) in [5.41, 5.74) is -2.42. The number of carbonyl (C=O) groups excluding carboxylic acids is 3. The maximum atomic E-state index is 13.4. The van der Waals surface area contributed by atoms with Crippen LogP contribution in [0.5, 0.6) is 0 Å². The molecule has 5 rings (SSSR count). The average Bonchev–Trinajstić information content (AvgIpc) is 3.13. The topological polar surface area (TPSA) is 158 Å². The SMILES string of the molecule is C[C@]12C=CC(=O)C=C1CC[C@@H]1[C@@H]2[C@@H](O)C[C@@]2(C)[C@H]1CC[C@]2(O)C(=O)COC(=O)c1cccc(S(=O)(=O)[O-])c1. The first-order chi connectivity index (χ1) is 17.7. The van der Waals surface area contributed by atoms with Crippen LogP contribution in [0, 0.1) is 28.6 Å². The van der Waals surface area contributed by atoms with Gasteiger partial charge in [-0.15, -0.1) is 0 Å². The number of hydrogen-bond donors (Lipinski definition) is 2. The molecule has 2 N–H and O–H groups in total. The molecule has 10 heteroatoms. The van der Waals surface area contributed by atoms with Gasteiger partial charge >= 0.3 is 5.97 Å². The van der Waals surface area contributed by atoms with E-state index >= 15 is 0 Å². The highest BCUT2D eigenvalue weighted by molar-refractivity contribution is 7.85. The smallest absolute Gasteiger partial charge is 0.338 e. The molecule has 0 aliphatic heterocycles. The molecule has 0 amide bonds. The predicted molar refractivity (Wildman–Crippen MR) is 133 cm³/mol. The zero-order chi connectivity index (χ0) is 27.7. The normalized spacial score (nSPS) is 38.0. The Morgan fingerprint density at radius 2 is 1.95 bits per heavy atom. The predicted octanol–water partition coefficient (Wildman–Crippen LogP) is 2.33. The van der Waals surface area contributed by atoms with Crippen LogP contribution in [-0.4, -0.2) is 59.0 Å². The zero-order valence-electron chi connectivity index (χ0n) is 21.3. The van der Waals surface area contributed by atoms with Crippen molar-refractivity contribution >= 4 is 27.7 Å². The summed E-state index contributed by atoms with van der Waals surface area (Å²) in [5, 5.41) is 23.2. The molecule has 0 unspecified atom stereocenters. The maximum Gasteiger partial charge on any atom is 0.338 e. The number of aliphatic hydroxyl groups excluding tert-OH is 1. The molecule has 204 valence electrons. The number of hydrogen-bond acceptors (Lipinski definition) is 9. The van der Waals surface area contributed by atoms with Crippen LogP contribution in [0.25, 0.3) is 0 Å². The number of aliphatic hydroxyl groups is 2. The second-order valence-corrected chi connectivity index (χ2v) is 13.0. The van der Waals surface area contributed by atoms with Crippen LogP contribution < -0.4 is 0 Å². The van der Waals surface area contributed by atoms with Gasteiger partial charge in [0.15, 0.2) is 12.4 Å². The van der Waals surface area contributed by atoms with Crippen LogP contribution in [0.4, 0.5) is 0 Å². The quantitative estimate of drug-likeness (QED) is 0.420. The number of Topliss-reactive ketones (excluding diaryl/α,β-unsaturated/α-hetero) is 1. The van der Waals surface area contributed by atoms with E-state index in [1.54, 1.807) is 12.2 Å². The van der Waals surface area contributed by atoms with Crippen LogP contribution >= 0.6 is 0 Å². The minimum atomic E-state index is -4.78. The molecule has 1 aromatic carbocycles. The standard InChI is InChI=1S/C28H32O9S/c1-26-10-8-18(29)13-17(26)6-7-20-21-9-11-28(33,27(21,2)14-22(30)24(20)26)23(31)15-37-25(32)16-4-3-5-19(12-16)38(34,35)36/h3-5,8,10,12-13,20-22,24,30,33H,6-7,9,11,14-15H2,1-2H3,(H,34,35,36)/p-1/t20-,21-,22-,24+,26-,27-,28-/m0/s1. The molecule has 38 heavy (non-hydrogen) atoms. The number of allylic oxidation sites excluding steroid dienone is 4. The molecule has 9 nitrogen and oxygen atoms in total. The Morgan fingerprint density at radius 3 is 2.66 bits per heavy atom. The molecule has 0 saturated heterocycles. The summed E-state index contributed by atoms with van der Waals surface area (Å²) >= 11 is 0. The van der Waals surface area contributed by atoms with Gasteiger partial charge in [-0.1, -0.05) is 31.6 Å². The van der Waals surface area contributed by atoms with Crippen LogP contribution in [0.3, 0.4) is 0 Å². The van der Waals surface area contributed by atoms with Crippen LogP contribution in [0.15, 0.2) is 53.0 Å². The van der Waals surface area contributed by atoms with Crippen molar-refractivity contribution in [3.63, 3.8) is 0 Å². The van der Waals surface area contributed by atoms with Gasteiger partial charge in [0.05, 0.1) is 16.6 Å². The van der Waals surface area contributed by atoms with Gasteiger partial charge in [-0.25, -0.2) is 13.2 Å². The zero-order valence-corrected chi connectivity index (χ0v) is 22.1. The van der Waals surface area contributed by atoms with Crippen molar-refractivity contribution in [2.45, 2.75) is 62.6 Å². The Kier molecular flexibility index (Phi) is 6.34. The van der Waals surface area contributed by atoms with Gasteiger partial charge in [-0.05, 0) is 74.3 Å². The monoisotopic (exact) mass is 543 g/mol. The fourth-order valence-electron chi connectivity index (χ4n) is 7.90. The summed E-state index contributed by atoms with van der Waals surface area (Å²) in [5.74, 6) is -1.89. The van der Waals surface area contributed by atoms with E-state index in [1.807, 2.05) is 19.9 Å². The van der Waals surface area contributed by atoms with Crippen molar-refractivity contribution in [3.8, 4) is 0 Å². The number of carbonyl (C=O) groups is 3. The second kappa shape index (κ2) is 8.94. The molecule has 3 saturated carbocycles. The summed E-state index contributed by atoms with van der Waals surface area (Å²) in [7, 11) is -4.78. The Balaban J connectivity index is 1.34. The molecular formula is C28H31O9S-. The number of benzene rings is 1. The Bertz CT molecular complexity index is 1380. The fraction of sp³-hybridized carbons (Fsp3) is 0.536. The third kappa shape index (κ3) is 4.00. The minimum Gasteiger partial charge on any atom is -0.744 e. The molecule has 0 spiro atoms. The summed E-state index contributed by atoms with van der Waals surface area (Å²) in [4.78, 5) is 37.3. The lowest BCUT2D eigenvalue weighted by Gasteiger charge is -2.59. The molecule has 7 atom stereocenters. The highest BCUT2D eigenvalue weighted by atomic mass is 32.2. The Labute approximate surface area is 221 Å². The lowest BCUT2D eigenvalue weighted by atomic mass is 9.46. The molecule has 3 fully saturated rings. The van der Waals surface area contributed by atoms with Crippen LogP contribution in [0.1, 0.15) is 56.3 Å². The molecule has 4 aliphatic rings. The third-order valence-electron chi connectivity index (χ3n) is 9.80. The van der Waals surface area contributed by atoms with E-state index in [2.05, 4.69) is 0 Å². The molecule has 1 aromatic rings. The van der Waals surface area contributed by atoms with Crippen molar-refractivity contribution in [1.29, 1.82) is 0 Å². The molecule has 0 aromatic heterocycles. The van der Waals surface area contributed by atoms with Gasteiger partial charge in [0.2, 0.25) is 5.78 Å². The third-order valence-corrected chi connectivity index (χ3v) is 10.6. The number of ketones is 2. The molecule has 0 radical (unpaired) electrons. The van der Waals surface area contributed by atoms with E-state index in [1.165, 1.54) is 12.1 Å². The summed E-state index contributed by atoms with van der Waals surface area (Å²) in [6.45, 7) is 3.13. The van der Waals surface area contributed by atoms with Crippen molar-refractivity contribution < 1.29 is 42.3 Å². The average molecular weight is 544 g/mol. The van der Waals surface area contributed by atoms with Gasteiger partial charge in [-0.2, -0.15) is 0 Å². The second-order valence-electron chi connectivity index (χ2n) is 11.6.